The van der Waals surface area contributed by atoms with E-state index in [1.165, 1.54) is 58.2 Å². The van der Waals surface area contributed by atoms with Crippen LogP contribution in [0.2, 0.25) is 0 Å². The zero-order valence-electron chi connectivity index (χ0n) is 13.6. The number of rotatable bonds is 9. The number of likely N-dealkylation sites (tertiary alicyclic amines) is 1. The van der Waals surface area contributed by atoms with Gasteiger partial charge in [-0.05, 0) is 58.7 Å². The lowest BCUT2D eigenvalue weighted by molar-refractivity contribution is 0.224. The molecule has 1 aliphatic rings. The summed E-state index contributed by atoms with van der Waals surface area (Å²) >= 11 is 0. The number of piperidine rings is 1. The molecule has 1 rings (SSSR count). The highest BCUT2D eigenvalue weighted by molar-refractivity contribution is 5.79. The molecule has 0 saturated carbocycles. The molecule has 0 aromatic heterocycles. The van der Waals surface area contributed by atoms with Crippen molar-refractivity contribution in [3.05, 3.63) is 0 Å². The molecule has 20 heavy (non-hydrogen) atoms. The lowest BCUT2D eigenvalue weighted by Gasteiger charge is -2.26. The summed E-state index contributed by atoms with van der Waals surface area (Å²) in [6, 6.07) is 0. The van der Waals surface area contributed by atoms with E-state index in [0.29, 0.717) is 0 Å². The van der Waals surface area contributed by atoms with Crippen LogP contribution >= 0.6 is 0 Å². The number of nitrogens with zero attached hydrogens (tertiary/aromatic N) is 2. The van der Waals surface area contributed by atoms with Crippen molar-refractivity contribution in [2.45, 2.75) is 58.8 Å². The van der Waals surface area contributed by atoms with Crippen molar-refractivity contribution in [2.24, 2.45) is 4.99 Å². The fraction of sp³-hybridized carbons (Fsp3) is 0.938. The first-order valence-corrected chi connectivity index (χ1v) is 8.61. The van der Waals surface area contributed by atoms with Crippen LogP contribution in [0.4, 0.5) is 0 Å². The van der Waals surface area contributed by atoms with Crippen LogP contribution in [0.5, 0.6) is 0 Å². The van der Waals surface area contributed by atoms with E-state index in [-0.39, 0.29) is 0 Å². The molecule has 0 unspecified atom stereocenters. The van der Waals surface area contributed by atoms with Gasteiger partial charge in [0.1, 0.15) is 0 Å². The molecule has 1 aliphatic heterocycles. The minimum atomic E-state index is 0.907. The Kier molecular flexibility index (Phi) is 10.4. The molecule has 0 bridgehead atoms. The van der Waals surface area contributed by atoms with Gasteiger partial charge < -0.3 is 15.5 Å². The average Bonchev–Trinajstić information content (AvgIpc) is 2.49. The molecule has 1 saturated heterocycles. The molecule has 4 nitrogen and oxygen atoms in total. The maximum atomic E-state index is 4.51. The van der Waals surface area contributed by atoms with Crippen LogP contribution in [-0.4, -0.2) is 50.1 Å². The Hall–Kier alpha value is -0.770. The average molecular weight is 282 g/mol. The number of unbranched alkanes of at least 4 members (excludes halogenated alkanes) is 2. The predicted octanol–water partition coefficient (Wildman–Crippen LogP) is 2.61. The maximum absolute atomic E-state index is 4.51. The van der Waals surface area contributed by atoms with Gasteiger partial charge >= 0.3 is 0 Å². The first kappa shape index (κ1) is 17.3. The summed E-state index contributed by atoms with van der Waals surface area (Å²) in [5.41, 5.74) is 0. The SMILES string of the molecule is CCCN=C(NCC)NCCCCCN1CCCCC1. The van der Waals surface area contributed by atoms with Crippen LogP contribution in [0.25, 0.3) is 0 Å². The highest BCUT2D eigenvalue weighted by Crippen LogP contribution is 2.09. The fourth-order valence-electron chi connectivity index (χ4n) is 2.59. The van der Waals surface area contributed by atoms with Crippen LogP contribution in [0.15, 0.2) is 4.99 Å². The van der Waals surface area contributed by atoms with Crippen LogP contribution in [0.1, 0.15) is 58.8 Å². The van der Waals surface area contributed by atoms with Crippen LogP contribution in [-0.2, 0) is 0 Å². The van der Waals surface area contributed by atoms with Crippen molar-refractivity contribution in [1.29, 1.82) is 0 Å². The molecule has 0 aromatic carbocycles. The van der Waals surface area contributed by atoms with Crippen molar-refractivity contribution in [3.8, 4) is 0 Å². The Morgan fingerprint density at radius 3 is 2.50 bits per heavy atom. The number of nitrogens with one attached hydrogen (secondary N) is 2. The summed E-state index contributed by atoms with van der Waals surface area (Å²) in [5, 5.41) is 6.71. The summed E-state index contributed by atoms with van der Waals surface area (Å²) in [7, 11) is 0. The van der Waals surface area contributed by atoms with Gasteiger partial charge in [-0.25, -0.2) is 0 Å². The van der Waals surface area contributed by atoms with Crippen molar-refractivity contribution >= 4 is 5.96 Å². The number of guanidine groups is 1. The molecule has 2 N–H and O–H groups in total. The van der Waals surface area contributed by atoms with E-state index >= 15 is 0 Å². The minimum absolute atomic E-state index is 0.907. The first-order chi connectivity index (χ1) is 9.86. The van der Waals surface area contributed by atoms with Gasteiger partial charge in [-0.1, -0.05) is 19.8 Å². The molecule has 1 fully saturated rings. The van der Waals surface area contributed by atoms with E-state index in [9.17, 15) is 0 Å². The molecule has 118 valence electrons. The van der Waals surface area contributed by atoms with Crippen LogP contribution in [0, 0.1) is 0 Å². The minimum Gasteiger partial charge on any atom is -0.357 e. The van der Waals surface area contributed by atoms with E-state index < -0.39 is 0 Å². The van der Waals surface area contributed by atoms with E-state index in [1.54, 1.807) is 0 Å². The molecule has 0 aromatic rings. The van der Waals surface area contributed by atoms with Gasteiger partial charge in [0.25, 0.3) is 0 Å². The largest absolute Gasteiger partial charge is 0.357 e. The van der Waals surface area contributed by atoms with Gasteiger partial charge in [0.2, 0.25) is 0 Å². The topological polar surface area (TPSA) is 39.7 Å². The molecule has 0 aliphatic carbocycles. The highest BCUT2D eigenvalue weighted by atomic mass is 15.2. The normalized spacial score (nSPS) is 17.2. The summed E-state index contributed by atoms with van der Waals surface area (Å²) in [4.78, 5) is 7.14. The number of hydrogen-bond donors (Lipinski definition) is 2. The third kappa shape index (κ3) is 8.41. The van der Waals surface area contributed by atoms with Gasteiger partial charge in [0.15, 0.2) is 5.96 Å². The van der Waals surface area contributed by atoms with Gasteiger partial charge in [0, 0.05) is 19.6 Å². The van der Waals surface area contributed by atoms with Crippen LogP contribution in [0.3, 0.4) is 0 Å². The number of hydrogen-bond acceptors (Lipinski definition) is 2. The lowest BCUT2D eigenvalue weighted by Crippen LogP contribution is -2.38. The Labute approximate surface area is 125 Å². The second-order valence-electron chi connectivity index (χ2n) is 5.65. The second-order valence-corrected chi connectivity index (χ2v) is 5.65. The molecule has 0 amide bonds. The Balaban J connectivity index is 1.99. The first-order valence-electron chi connectivity index (χ1n) is 8.61. The standard InChI is InChI=1S/C16H34N4/c1-3-11-18-16(17-4-2)19-12-7-5-8-13-20-14-9-6-10-15-20/h3-15H2,1-2H3,(H2,17,18,19). The third-order valence-corrected chi connectivity index (χ3v) is 3.73. The van der Waals surface area contributed by atoms with E-state index in [4.69, 9.17) is 0 Å². The van der Waals surface area contributed by atoms with Crippen LogP contribution < -0.4 is 10.6 Å². The summed E-state index contributed by atoms with van der Waals surface area (Å²) < 4.78 is 0. The lowest BCUT2D eigenvalue weighted by atomic mass is 10.1. The maximum Gasteiger partial charge on any atom is 0.191 e. The zero-order valence-corrected chi connectivity index (χ0v) is 13.6. The zero-order chi connectivity index (χ0) is 14.5. The van der Waals surface area contributed by atoms with Gasteiger partial charge in [-0.2, -0.15) is 0 Å². The van der Waals surface area contributed by atoms with E-state index in [1.807, 2.05) is 0 Å². The van der Waals surface area contributed by atoms with Gasteiger partial charge in [-0.15, -0.1) is 0 Å². The Morgan fingerprint density at radius 1 is 1.00 bits per heavy atom. The monoisotopic (exact) mass is 282 g/mol. The molecular weight excluding hydrogens is 248 g/mol. The predicted molar refractivity (Wildman–Crippen MR) is 88.4 cm³/mol. The Morgan fingerprint density at radius 2 is 1.80 bits per heavy atom. The highest BCUT2D eigenvalue weighted by Gasteiger charge is 2.08. The molecule has 0 radical (unpaired) electrons. The molecular formula is C16H34N4. The summed E-state index contributed by atoms with van der Waals surface area (Å²) in [6.07, 6.45) is 9.24. The van der Waals surface area contributed by atoms with Gasteiger partial charge in [0.05, 0.1) is 0 Å². The van der Waals surface area contributed by atoms with Crippen molar-refractivity contribution < 1.29 is 0 Å². The van der Waals surface area contributed by atoms with Crippen molar-refractivity contribution in [1.82, 2.24) is 15.5 Å². The smallest absolute Gasteiger partial charge is 0.191 e. The quantitative estimate of drug-likeness (QED) is 0.388. The Bertz CT molecular complexity index is 247. The second kappa shape index (κ2) is 12.0. The molecule has 0 atom stereocenters. The molecule has 0 spiro atoms. The van der Waals surface area contributed by atoms with E-state index in [0.717, 1.165) is 32.0 Å². The summed E-state index contributed by atoms with van der Waals surface area (Å²) in [6.45, 7) is 11.1. The molecule has 1 heterocycles. The van der Waals surface area contributed by atoms with Gasteiger partial charge in [-0.3, -0.25) is 4.99 Å². The third-order valence-electron chi connectivity index (χ3n) is 3.73. The number of aliphatic imine (C=N–C) groups is 1. The van der Waals surface area contributed by atoms with Crippen molar-refractivity contribution in [2.75, 3.05) is 39.3 Å². The van der Waals surface area contributed by atoms with E-state index in [2.05, 4.69) is 34.4 Å². The molecule has 4 heteroatoms. The summed E-state index contributed by atoms with van der Waals surface area (Å²) in [5.74, 6) is 0.977. The fourth-order valence-corrected chi connectivity index (χ4v) is 2.59. The van der Waals surface area contributed by atoms with Crippen molar-refractivity contribution in [3.63, 3.8) is 0 Å².